The number of fused-ring (bicyclic) bond motifs is 1. The third-order valence-corrected chi connectivity index (χ3v) is 4.24. The largest absolute Gasteiger partial charge is 0.472 e. The van der Waals surface area contributed by atoms with Gasteiger partial charge in [-0.15, -0.1) is 5.10 Å². The van der Waals surface area contributed by atoms with Crippen LogP contribution in [0.15, 0.2) is 41.1 Å². The Kier molecular flexibility index (Phi) is 3.09. The minimum Gasteiger partial charge on any atom is -0.472 e. The van der Waals surface area contributed by atoms with Crippen molar-refractivity contribution < 1.29 is 9.26 Å². The number of aromatic nitrogens is 4. The van der Waals surface area contributed by atoms with E-state index >= 15 is 0 Å². The van der Waals surface area contributed by atoms with Crippen LogP contribution in [0, 0.1) is 0 Å². The van der Waals surface area contributed by atoms with Crippen molar-refractivity contribution in [2.45, 2.75) is 0 Å². The maximum Gasteiger partial charge on any atom is 0.294 e. The molecule has 0 aliphatic carbocycles. The van der Waals surface area contributed by atoms with Gasteiger partial charge in [0.15, 0.2) is 5.76 Å². The Bertz CT molecular complexity index is 910. The normalized spacial score (nSPS) is 11.2. The Hall–Kier alpha value is -2.38. The number of rotatable bonds is 3. The Labute approximate surface area is 133 Å². The van der Waals surface area contributed by atoms with Crippen molar-refractivity contribution in [3.05, 3.63) is 41.6 Å². The van der Waals surface area contributed by atoms with Crippen LogP contribution in [-0.2, 0) is 0 Å². The molecule has 6 nitrogen and oxygen atoms in total. The molecule has 0 radical (unpaired) electrons. The summed E-state index contributed by atoms with van der Waals surface area (Å²) in [6.45, 7) is 0. The zero-order valence-corrected chi connectivity index (χ0v) is 12.9. The highest BCUT2D eigenvalue weighted by atomic mass is 35.5. The van der Waals surface area contributed by atoms with Crippen LogP contribution in [0.2, 0.25) is 5.02 Å². The fourth-order valence-electron chi connectivity index (χ4n) is 2.04. The lowest BCUT2D eigenvalue weighted by molar-refractivity contribution is 0.405. The van der Waals surface area contributed by atoms with Crippen LogP contribution >= 0.6 is 22.9 Å². The van der Waals surface area contributed by atoms with Crippen molar-refractivity contribution in [1.29, 1.82) is 0 Å². The van der Waals surface area contributed by atoms with Gasteiger partial charge >= 0.3 is 0 Å². The average Bonchev–Trinajstić information content (AvgIpc) is 3.21. The Morgan fingerprint density at radius 2 is 2.05 bits per heavy atom. The van der Waals surface area contributed by atoms with Crippen LogP contribution in [0.3, 0.4) is 0 Å². The number of hydrogen-bond acceptors (Lipinski definition) is 6. The number of hydrogen-bond donors (Lipinski definition) is 0. The summed E-state index contributed by atoms with van der Waals surface area (Å²) in [5.41, 5.74) is 2.34. The maximum absolute atomic E-state index is 5.88. The van der Waals surface area contributed by atoms with Gasteiger partial charge in [0.1, 0.15) is 11.4 Å². The standard InChI is InChI=1S/C14H9ClN4O2S/c1-20-14-17-19-7-11(16-13(19)22-14)12-6-10(18-21-12)8-2-4-9(15)5-3-8/h2-7H,1H3. The van der Waals surface area contributed by atoms with Crippen molar-refractivity contribution in [2.75, 3.05) is 7.11 Å². The minimum atomic E-state index is 0.563. The van der Waals surface area contributed by atoms with Crippen LogP contribution in [-0.4, -0.2) is 26.9 Å². The molecule has 4 rings (SSSR count). The van der Waals surface area contributed by atoms with E-state index in [1.54, 1.807) is 17.8 Å². The molecule has 4 aromatic rings. The number of imidazole rings is 1. The number of ether oxygens (including phenoxy) is 1. The van der Waals surface area contributed by atoms with Crippen molar-refractivity contribution in [2.24, 2.45) is 0 Å². The summed E-state index contributed by atoms with van der Waals surface area (Å²) >= 11 is 7.24. The monoisotopic (exact) mass is 332 g/mol. The van der Waals surface area contributed by atoms with Gasteiger partial charge in [-0.05, 0) is 23.5 Å². The second-order valence-electron chi connectivity index (χ2n) is 4.51. The van der Waals surface area contributed by atoms with Gasteiger partial charge in [0.05, 0.1) is 13.3 Å². The van der Waals surface area contributed by atoms with Gasteiger partial charge in [-0.1, -0.05) is 28.9 Å². The Morgan fingerprint density at radius 1 is 1.23 bits per heavy atom. The van der Waals surface area contributed by atoms with Crippen molar-refractivity contribution >= 4 is 27.9 Å². The lowest BCUT2D eigenvalue weighted by Gasteiger charge is -1.93. The van der Waals surface area contributed by atoms with Crippen LogP contribution < -0.4 is 4.74 Å². The van der Waals surface area contributed by atoms with E-state index in [1.807, 2.05) is 30.3 Å². The lowest BCUT2D eigenvalue weighted by Crippen LogP contribution is -1.84. The average molecular weight is 333 g/mol. The molecule has 0 N–H and O–H groups in total. The SMILES string of the molecule is COc1nn2cc(-c3cc(-c4ccc(Cl)cc4)no3)nc2s1. The molecular formula is C14H9ClN4O2S. The molecule has 0 saturated heterocycles. The molecule has 0 atom stereocenters. The molecule has 22 heavy (non-hydrogen) atoms. The third-order valence-electron chi connectivity index (χ3n) is 3.10. The smallest absolute Gasteiger partial charge is 0.294 e. The first-order valence-corrected chi connectivity index (χ1v) is 7.55. The van der Waals surface area contributed by atoms with Gasteiger partial charge in [-0.3, -0.25) is 0 Å². The summed E-state index contributed by atoms with van der Waals surface area (Å²) in [5.74, 6) is 0.585. The fourth-order valence-corrected chi connectivity index (χ4v) is 2.86. The second kappa shape index (κ2) is 5.11. The van der Waals surface area contributed by atoms with E-state index < -0.39 is 0 Å². The van der Waals surface area contributed by atoms with E-state index in [-0.39, 0.29) is 0 Å². The molecule has 0 aliphatic heterocycles. The molecule has 0 saturated carbocycles. The van der Waals surface area contributed by atoms with Crippen LogP contribution in [0.5, 0.6) is 5.19 Å². The molecule has 0 spiro atoms. The number of methoxy groups -OCH3 is 1. The molecular weight excluding hydrogens is 324 g/mol. The molecule has 0 fully saturated rings. The predicted molar refractivity (Wildman–Crippen MR) is 83.4 cm³/mol. The van der Waals surface area contributed by atoms with Gasteiger partial charge < -0.3 is 9.26 Å². The highest BCUT2D eigenvalue weighted by Gasteiger charge is 2.14. The zero-order chi connectivity index (χ0) is 15.1. The van der Waals surface area contributed by atoms with Crippen molar-refractivity contribution in [3.63, 3.8) is 0 Å². The first-order valence-electron chi connectivity index (χ1n) is 6.36. The minimum absolute atomic E-state index is 0.563. The highest BCUT2D eigenvalue weighted by Crippen LogP contribution is 2.28. The van der Waals surface area contributed by atoms with E-state index in [2.05, 4.69) is 15.2 Å². The third kappa shape index (κ3) is 2.24. The summed E-state index contributed by atoms with van der Waals surface area (Å²) < 4.78 is 12.1. The summed E-state index contributed by atoms with van der Waals surface area (Å²) in [6, 6.07) is 9.25. The van der Waals surface area contributed by atoms with Crippen molar-refractivity contribution in [3.8, 4) is 27.9 Å². The van der Waals surface area contributed by atoms with Gasteiger partial charge in [-0.2, -0.15) is 0 Å². The van der Waals surface area contributed by atoms with Crippen LogP contribution in [0.4, 0.5) is 0 Å². The topological polar surface area (TPSA) is 65.5 Å². The Morgan fingerprint density at radius 3 is 2.77 bits per heavy atom. The zero-order valence-electron chi connectivity index (χ0n) is 11.4. The van der Waals surface area contributed by atoms with Crippen LogP contribution in [0.25, 0.3) is 27.7 Å². The molecule has 0 bridgehead atoms. The quantitative estimate of drug-likeness (QED) is 0.571. The molecule has 8 heteroatoms. The molecule has 110 valence electrons. The van der Waals surface area contributed by atoms with E-state index in [1.165, 1.54) is 11.3 Å². The molecule has 1 aromatic carbocycles. The Balaban J connectivity index is 1.69. The second-order valence-corrected chi connectivity index (χ2v) is 5.86. The van der Waals surface area contributed by atoms with Gasteiger partial charge in [0.2, 0.25) is 4.96 Å². The fraction of sp³-hybridized carbons (Fsp3) is 0.0714. The maximum atomic E-state index is 5.88. The summed E-state index contributed by atoms with van der Waals surface area (Å²) in [4.78, 5) is 5.19. The van der Waals surface area contributed by atoms with Crippen LogP contribution in [0.1, 0.15) is 0 Å². The molecule has 3 aromatic heterocycles. The highest BCUT2D eigenvalue weighted by molar-refractivity contribution is 7.18. The van der Waals surface area contributed by atoms with E-state index in [9.17, 15) is 0 Å². The first kappa shape index (κ1) is 13.3. The van der Waals surface area contributed by atoms with Gasteiger partial charge in [0.25, 0.3) is 5.19 Å². The van der Waals surface area contributed by atoms with E-state index in [0.29, 0.717) is 21.7 Å². The van der Waals surface area contributed by atoms with Gasteiger partial charge in [0, 0.05) is 16.7 Å². The van der Waals surface area contributed by atoms with E-state index in [0.717, 1.165) is 16.2 Å². The first-order chi connectivity index (χ1) is 10.7. The number of benzene rings is 1. The molecule has 3 heterocycles. The summed E-state index contributed by atoms with van der Waals surface area (Å²) in [5, 5.41) is 9.54. The van der Waals surface area contributed by atoms with Gasteiger partial charge in [-0.25, -0.2) is 9.50 Å². The van der Waals surface area contributed by atoms with Crippen molar-refractivity contribution in [1.82, 2.24) is 19.8 Å². The molecule has 0 amide bonds. The summed E-state index contributed by atoms with van der Waals surface area (Å²) in [7, 11) is 1.58. The molecule has 0 unspecified atom stereocenters. The lowest BCUT2D eigenvalue weighted by atomic mass is 10.1. The molecule has 0 aliphatic rings. The predicted octanol–water partition coefficient (Wildman–Crippen LogP) is 3.77. The number of halogens is 1. The van der Waals surface area contributed by atoms with E-state index in [4.69, 9.17) is 20.9 Å². The number of nitrogens with zero attached hydrogens (tertiary/aromatic N) is 4. The summed E-state index contributed by atoms with van der Waals surface area (Å²) in [6.07, 6.45) is 1.78.